The third-order valence-electron chi connectivity index (χ3n) is 0. The van der Waals surface area contributed by atoms with Crippen LogP contribution in [-0.2, 0) is 32.7 Å². The van der Waals surface area contributed by atoms with Gasteiger partial charge < -0.3 is 14.7 Å². The van der Waals surface area contributed by atoms with Crippen molar-refractivity contribution in [2.75, 3.05) is 0 Å². The van der Waals surface area contributed by atoms with Gasteiger partial charge in [-0.1, -0.05) is 0 Å². The van der Waals surface area contributed by atoms with Gasteiger partial charge in [-0.15, -0.1) is 0 Å². The first-order chi connectivity index (χ1) is 3.00. The molecule has 3 N–H and O–H groups in total. The monoisotopic (exact) mass is 221 g/mol. The van der Waals surface area contributed by atoms with Crippen LogP contribution in [0.5, 0.6) is 0 Å². The Bertz CT molecular complexity index is 62.2. The second kappa shape index (κ2) is 8.73. The first-order valence-corrected chi connectivity index (χ1v) is 4.35. The predicted molar refractivity (Wildman–Crippen MR) is 21.4 cm³/mol. The van der Waals surface area contributed by atoms with Gasteiger partial charge in [0.25, 0.3) is 0 Å². The fraction of sp³-hybridized carbons (Fsp3) is 0. The molecule has 8 heavy (non-hydrogen) atoms. The van der Waals surface area contributed by atoms with Crippen LogP contribution in [0.15, 0.2) is 0 Å². The number of phosphoric acid groups is 1. The Kier molecular flexibility index (Phi) is 17.9. The molecule has 0 unspecified atom stereocenters. The molecule has 0 aliphatic heterocycles. The van der Waals surface area contributed by atoms with Crippen molar-refractivity contribution >= 4 is 26.7 Å². The van der Waals surface area contributed by atoms with Crippen LogP contribution < -0.4 is 0 Å². The van der Waals surface area contributed by atoms with Crippen LogP contribution in [0.4, 0.5) is 0 Å². The molecule has 0 rings (SSSR count). The van der Waals surface area contributed by atoms with Gasteiger partial charge in [0.1, 0.15) is 0 Å². The fourth-order valence-electron chi connectivity index (χ4n) is 0. The Morgan fingerprint density at radius 1 is 1.25 bits per heavy atom. The first-order valence-electron chi connectivity index (χ1n) is 0.900. The zero-order valence-electron chi connectivity index (χ0n) is 2.88. The zero-order valence-corrected chi connectivity index (χ0v) is 5.92. The fourth-order valence-corrected chi connectivity index (χ4v) is 0. The van der Waals surface area contributed by atoms with Crippen molar-refractivity contribution in [1.29, 1.82) is 0 Å². The molecule has 0 radical (unpaired) electrons. The van der Waals surface area contributed by atoms with Crippen molar-refractivity contribution in [3.05, 3.63) is 0 Å². The van der Waals surface area contributed by atoms with Crippen molar-refractivity contribution in [3.63, 3.8) is 0 Å². The zero-order chi connectivity index (χ0) is 6.50. The molecule has 0 aliphatic rings. The summed E-state index contributed by atoms with van der Waals surface area (Å²) in [7, 11) is -4.64. The van der Waals surface area contributed by atoms with Gasteiger partial charge >= 0.3 is 54.9 Å². The van der Waals surface area contributed by atoms with Crippen molar-refractivity contribution in [3.8, 4) is 0 Å². The van der Waals surface area contributed by atoms with E-state index >= 15 is 0 Å². The molecule has 0 saturated carbocycles. The van der Waals surface area contributed by atoms with Gasteiger partial charge in [0.05, 0.1) is 0 Å². The SMILES string of the molecule is O=P(O)(O)O.[Fe][Co].[LiH]. The summed E-state index contributed by atoms with van der Waals surface area (Å²) in [4.78, 5) is 21.6. The first kappa shape index (κ1) is 16.4. The minimum absolute atomic E-state index is 0. The summed E-state index contributed by atoms with van der Waals surface area (Å²) in [5.74, 6) is 0. The third kappa shape index (κ3) is 117. The van der Waals surface area contributed by atoms with Crippen LogP contribution in [-0.4, -0.2) is 33.5 Å². The molecular weight excluding hydrogens is 217 g/mol. The molecule has 0 aromatic rings. The molecular formula is H4CoFeLiO4P. The Morgan fingerprint density at radius 3 is 1.25 bits per heavy atom. The summed E-state index contributed by atoms with van der Waals surface area (Å²) >= 11 is 6.25. The number of rotatable bonds is 0. The summed E-state index contributed by atoms with van der Waals surface area (Å²) in [6.45, 7) is 0. The minimum atomic E-state index is -4.64. The van der Waals surface area contributed by atoms with E-state index in [-0.39, 0.29) is 18.9 Å². The Morgan fingerprint density at radius 2 is 1.25 bits per heavy atom. The van der Waals surface area contributed by atoms with Crippen molar-refractivity contribution < 1.29 is 47.4 Å². The van der Waals surface area contributed by atoms with E-state index in [1.54, 1.807) is 0 Å². The molecule has 8 heteroatoms. The molecule has 0 bridgehead atoms. The van der Waals surface area contributed by atoms with Crippen LogP contribution in [0.2, 0.25) is 0 Å². The molecule has 0 aromatic carbocycles. The molecule has 0 saturated heterocycles. The van der Waals surface area contributed by atoms with E-state index < -0.39 is 7.82 Å². The summed E-state index contributed by atoms with van der Waals surface area (Å²) in [5, 5.41) is 0. The summed E-state index contributed by atoms with van der Waals surface area (Å²) in [6.07, 6.45) is 0. The molecule has 0 amide bonds. The van der Waals surface area contributed by atoms with E-state index in [0.29, 0.717) is 0 Å². The van der Waals surface area contributed by atoms with Crippen LogP contribution in [0.1, 0.15) is 0 Å². The molecule has 0 atom stereocenters. The average molecular weight is 221 g/mol. The van der Waals surface area contributed by atoms with E-state index in [2.05, 4.69) is 28.2 Å². The van der Waals surface area contributed by atoms with Crippen molar-refractivity contribution in [1.82, 2.24) is 0 Å². The molecule has 0 aliphatic carbocycles. The topological polar surface area (TPSA) is 77.8 Å². The van der Waals surface area contributed by atoms with Gasteiger partial charge in [-0.05, 0) is 0 Å². The van der Waals surface area contributed by atoms with Gasteiger partial charge in [0, 0.05) is 0 Å². The van der Waals surface area contributed by atoms with Gasteiger partial charge in [0.15, 0.2) is 0 Å². The second-order valence-electron chi connectivity index (χ2n) is 0.513. The van der Waals surface area contributed by atoms with Crippen LogP contribution in [0.3, 0.4) is 0 Å². The predicted octanol–water partition coefficient (Wildman–Crippen LogP) is -1.58. The van der Waals surface area contributed by atoms with E-state index in [0.717, 1.165) is 0 Å². The quantitative estimate of drug-likeness (QED) is 0.340. The van der Waals surface area contributed by atoms with E-state index in [9.17, 15) is 0 Å². The van der Waals surface area contributed by atoms with Crippen LogP contribution in [0.25, 0.3) is 0 Å². The van der Waals surface area contributed by atoms with Crippen LogP contribution in [0, 0.1) is 0 Å². The van der Waals surface area contributed by atoms with Crippen molar-refractivity contribution in [2.24, 2.45) is 0 Å². The van der Waals surface area contributed by atoms with E-state index in [1.807, 2.05) is 0 Å². The second-order valence-corrected chi connectivity index (χ2v) is 1.54. The van der Waals surface area contributed by atoms with Gasteiger partial charge in [0.2, 0.25) is 0 Å². The summed E-state index contributed by atoms with van der Waals surface area (Å²) in [5.41, 5.74) is 0. The van der Waals surface area contributed by atoms with E-state index in [1.165, 1.54) is 0 Å². The molecule has 0 fully saturated rings. The number of hydrogen-bond acceptors (Lipinski definition) is 1. The normalized spacial score (nSPS) is 8.25. The Labute approximate surface area is 73.8 Å². The average Bonchev–Trinajstić information content (AvgIpc) is 1.36. The van der Waals surface area contributed by atoms with Gasteiger partial charge in [-0.25, -0.2) is 4.57 Å². The third-order valence-corrected chi connectivity index (χ3v) is 0. The molecule has 0 heterocycles. The molecule has 51 valence electrons. The Balaban J connectivity index is -0.0000000750. The standard InChI is InChI=1S/Co.Fe.Li.H3O4P.H/c;;;1-5(2,3)4;/h;;;(H3,1,2,3,4);. The van der Waals surface area contributed by atoms with Crippen molar-refractivity contribution in [2.45, 2.75) is 0 Å². The summed E-state index contributed by atoms with van der Waals surface area (Å²) in [6, 6.07) is 0. The molecule has 4 nitrogen and oxygen atoms in total. The van der Waals surface area contributed by atoms with Gasteiger partial charge in [-0.3, -0.25) is 0 Å². The summed E-state index contributed by atoms with van der Waals surface area (Å²) < 4.78 is 8.88. The maximum atomic E-state index is 8.88. The Hall–Kier alpha value is 1.73. The molecule has 0 aromatic heterocycles. The number of hydrogen-bond donors (Lipinski definition) is 3. The van der Waals surface area contributed by atoms with Crippen LogP contribution >= 0.6 is 7.82 Å². The molecule has 0 spiro atoms. The van der Waals surface area contributed by atoms with Gasteiger partial charge in [-0.2, -0.15) is 0 Å². The van der Waals surface area contributed by atoms with E-state index in [4.69, 9.17) is 19.2 Å². The maximum absolute atomic E-state index is 8.88.